The van der Waals surface area contributed by atoms with E-state index >= 15 is 0 Å². The first kappa shape index (κ1) is 14.2. The zero-order valence-corrected chi connectivity index (χ0v) is 12.7. The largest absolute Gasteiger partial charge is 0.361 e. The quantitative estimate of drug-likeness (QED) is 0.692. The average molecular weight is 296 g/mol. The Morgan fingerprint density at radius 2 is 1.95 bits per heavy atom. The number of rotatable bonds is 4. The van der Waals surface area contributed by atoms with Crippen LogP contribution in [0.25, 0.3) is 11.3 Å². The van der Waals surface area contributed by atoms with Crippen LogP contribution in [0.5, 0.6) is 0 Å². The summed E-state index contributed by atoms with van der Waals surface area (Å²) in [5, 5.41) is 12.1. The van der Waals surface area contributed by atoms with Gasteiger partial charge in [0, 0.05) is 18.1 Å². The average Bonchev–Trinajstić information content (AvgIpc) is 3.07. The number of aryl methyl sites for hydroxylation is 2. The van der Waals surface area contributed by atoms with Crippen molar-refractivity contribution in [2.24, 2.45) is 0 Å². The summed E-state index contributed by atoms with van der Waals surface area (Å²) >= 11 is 0. The zero-order chi connectivity index (χ0) is 15.7. The fourth-order valence-electron chi connectivity index (χ4n) is 2.42. The number of hydrogen-bond donors (Lipinski definition) is 0. The summed E-state index contributed by atoms with van der Waals surface area (Å²) in [5.74, 6) is 0.639. The van der Waals surface area contributed by atoms with Gasteiger partial charge in [0.1, 0.15) is 5.76 Å². The molecule has 0 aliphatic rings. The SMILES string of the molecule is CC(=O)c1nnn(Cc2c(C)noc2C)c1-c1ccccc1. The minimum absolute atomic E-state index is 0.108. The number of carbonyl (C=O) groups excluding carboxylic acids is 1. The standard InChI is InChI=1S/C16H16N4O2/c1-10-14(12(3)22-18-10)9-20-16(13-7-5-4-6-8-13)15(11(2)21)17-19-20/h4-8H,9H2,1-3H3. The van der Waals surface area contributed by atoms with Crippen molar-refractivity contribution in [3.05, 3.63) is 53.0 Å². The molecule has 0 N–H and O–H groups in total. The molecular weight excluding hydrogens is 280 g/mol. The molecule has 0 aliphatic heterocycles. The molecule has 0 spiro atoms. The molecule has 0 amide bonds. The number of benzene rings is 1. The number of ketones is 1. The normalized spacial score (nSPS) is 10.9. The Bertz CT molecular complexity index is 799. The van der Waals surface area contributed by atoms with Crippen LogP contribution in [0, 0.1) is 13.8 Å². The lowest BCUT2D eigenvalue weighted by Crippen LogP contribution is -2.06. The van der Waals surface area contributed by atoms with E-state index in [2.05, 4.69) is 15.5 Å². The van der Waals surface area contributed by atoms with Crippen molar-refractivity contribution in [2.75, 3.05) is 0 Å². The van der Waals surface area contributed by atoms with E-state index in [9.17, 15) is 4.79 Å². The van der Waals surface area contributed by atoms with E-state index < -0.39 is 0 Å². The van der Waals surface area contributed by atoms with Crippen molar-refractivity contribution in [3.63, 3.8) is 0 Å². The van der Waals surface area contributed by atoms with Crippen LogP contribution in [0.15, 0.2) is 34.9 Å². The van der Waals surface area contributed by atoms with Crippen LogP contribution in [-0.2, 0) is 6.54 Å². The van der Waals surface area contributed by atoms with Gasteiger partial charge in [0.2, 0.25) is 0 Å². The van der Waals surface area contributed by atoms with E-state index in [1.54, 1.807) is 4.68 Å². The molecule has 0 atom stereocenters. The van der Waals surface area contributed by atoms with Crippen molar-refractivity contribution >= 4 is 5.78 Å². The topological polar surface area (TPSA) is 73.8 Å². The molecule has 6 nitrogen and oxygen atoms in total. The van der Waals surface area contributed by atoms with Crippen molar-refractivity contribution < 1.29 is 9.32 Å². The predicted octanol–water partition coefficient (Wildman–Crippen LogP) is 2.80. The highest BCUT2D eigenvalue weighted by Gasteiger charge is 2.20. The fourth-order valence-corrected chi connectivity index (χ4v) is 2.42. The van der Waals surface area contributed by atoms with Gasteiger partial charge in [0.25, 0.3) is 0 Å². The number of Topliss-reactive ketones (excluding diaryl/α,β-unsaturated/α-hetero) is 1. The molecule has 1 aromatic carbocycles. The van der Waals surface area contributed by atoms with Gasteiger partial charge in [-0.3, -0.25) is 4.79 Å². The van der Waals surface area contributed by atoms with E-state index in [4.69, 9.17) is 4.52 Å². The molecule has 3 rings (SSSR count). The second-order valence-corrected chi connectivity index (χ2v) is 5.17. The molecule has 6 heteroatoms. The number of aromatic nitrogens is 4. The lowest BCUT2D eigenvalue weighted by Gasteiger charge is -2.07. The van der Waals surface area contributed by atoms with Crippen molar-refractivity contribution in [2.45, 2.75) is 27.3 Å². The number of nitrogens with zero attached hydrogens (tertiary/aromatic N) is 4. The van der Waals surface area contributed by atoms with Crippen LogP contribution < -0.4 is 0 Å². The van der Waals surface area contributed by atoms with Crippen LogP contribution >= 0.6 is 0 Å². The zero-order valence-electron chi connectivity index (χ0n) is 12.7. The summed E-state index contributed by atoms with van der Waals surface area (Å²) in [6.07, 6.45) is 0. The van der Waals surface area contributed by atoms with Gasteiger partial charge in [-0.1, -0.05) is 40.7 Å². The minimum atomic E-state index is -0.108. The first-order valence-electron chi connectivity index (χ1n) is 6.99. The Balaban J connectivity index is 2.11. The summed E-state index contributed by atoms with van der Waals surface area (Å²) in [4.78, 5) is 11.8. The van der Waals surface area contributed by atoms with Gasteiger partial charge < -0.3 is 4.52 Å². The van der Waals surface area contributed by atoms with E-state index in [1.165, 1.54) is 6.92 Å². The Morgan fingerprint density at radius 1 is 1.23 bits per heavy atom. The van der Waals surface area contributed by atoms with E-state index in [0.29, 0.717) is 17.9 Å². The Labute approximate surface area is 127 Å². The van der Waals surface area contributed by atoms with E-state index in [1.807, 2.05) is 44.2 Å². The Kier molecular flexibility index (Phi) is 3.58. The van der Waals surface area contributed by atoms with Gasteiger partial charge in [-0.05, 0) is 13.8 Å². The smallest absolute Gasteiger partial charge is 0.182 e. The molecule has 0 aliphatic carbocycles. The third-order valence-corrected chi connectivity index (χ3v) is 3.60. The van der Waals surface area contributed by atoms with Gasteiger partial charge in [0.15, 0.2) is 11.5 Å². The lowest BCUT2D eigenvalue weighted by molar-refractivity contribution is 0.101. The van der Waals surface area contributed by atoms with Crippen LogP contribution in [-0.4, -0.2) is 25.9 Å². The minimum Gasteiger partial charge on any atom is -0.361 e. The van der Waals surface area contributed by atoms with Crippen LogP contribution in [0.1, 0.15) is 34.4 Å². The maximum absolute atomic E-state index is 11.8. The highest BCUT2D eigenvalue weighted by atomic mass is 16.5. The maximum atomic E-state index is 11.8. The Morgan fingerprint density at radius 3 is 2.55 bits per heavy atom. The monoisotopic (exact) mass is 296 g/mol. The third-order valence-electron chi connectivity index (χ3n) is 3.60. The number of carbonyl (C=O) groups is 1. The number of hydrogen-bond acceptors (Lipinski definition) is 5. The molecule has 2 heterocycles. The highest BCUT2D eigenvalue weighted by Crippen LogP contribution is 2.24. The molecular formula is C16H16N4O2. The first-order valence-corrected chi connectivity index (χ1v) is 6.99. The van der Waals surface area contributed by atoms with Crippen LogP contribution in [0.3, 0.4) is 0 Å². The third kappa shape index (κ3) is 2.43. The Hall–Kier alpha value is -2.76. The molecule has 0 saturated carbocycles. The molecule has 0 unspecified atom stereocenters. The second-order valence-electron chi connectivity index (χ2n) is 5.17. The van der Waals surface area contributed by atoms with E-state index in [-0.39, 0.29) is 5.78 Å². The maximum Gasteiger partial charge on any atom is 0.182 e. The summed E-state index contributed by atoms with van der Waals surface area (Å²) in [6.45, 7) is 5.71. The molecule has 22 heavy (non-hydrogen) atoms. The van der Waals surface area contributed by atoms with Crippen molar-refractivity contribution in [3.8, 4) is 11.3 Å². The summed E-state index contributed by atoms with van der Waals surface area (Å²) in [6, 6.07) is 9.66. The predicted molar refractivity (Wildman–Crippen MR) is 80.5 cm³/mol. The highest BCUT2D eigenvalue weighted by molar-refractivity contribution is 5.97. The summed E-state index contributed by atoms with van der Waals surface area (Å²) in [7, 11) is 0. The van der Waals surface area contributed by atoms with Gasteiger partial charge in [-0.2, -0.15) is 0 Å². The van der Waals surface area contributed by atoms with Gasteiger partial charge in [-0.25, -0.2) is 4.68 Å². The second kappa shape index (κ2) is 5.55. The van der Waals surface area contributed by atoms with Crippen LogP contribution in [0.2, 0.25) is 0 Å². The van der Waals surface area contributed by atoms with Gasteiger partial charge >= 0.3 is 0 Å². The molecule has 0 bridgehead atoms. The van der Waals surface area contributed by atoms with Crippen molar-refractivity contribution in [1.82, 2.24) is 20.2 Å². The molecule has 2 aromatic heterocycles. The molecule has 112 valence electrons. The lowest BCUT2D eigenvalue weighted by atomic mass is 10.1. The summed E-state index contributed by atoms with van der Waals surface area (Å²) < 4.78 is 6.91. The molecule has 0 fully saturated rings. The first-order chi connectivity index (χ1) is 10.6. The van der Waals surface area contributed by atoms with Gasteiger partial charge in [-0.15, -0.1) is 5.10 Å². The summed E-state index contributed by atoms with van der Waals surface area (Å²) in [5.41, 5.74) is 3.77. The molecule has 0 saturated heterocycles. The van der Waals surface area contributed by atoms with Crippen LogP contribution in [0.4, 0.5) is 0 Å². The van der Waals surface area contributed by atoms with E-state index in [0.717, 1.165) is 22.6 Å². The molecule has 3 aromatic rings. The molecule has 0 radical (unpaired) electrons. The van der Waals surface area contributed by atoms with Crippen molar-refractivity contribution in [1.29, 1.82) is 0 Å². The fraction of sp³-hybridized carbons (Fsp3) is 0.250. The van der Waals surface area contributed by atoms with Gasteiger partial charge in [0.05, 0.1) is 17.9 Å².